The van der Waals surface area contributed by atoms with E-state index < -0.39 is 41.7 Å². The van der Waals surface area contributed by atoms with E-state index in [1.165, 1.54) is 34.3 Å². The van der Waals surface area contributed by atoms with Crippen LogP contribution < -0.4 is 10.6 Å². The number of carbonyl (C=O) groups excluding carboxylic acids is 3. The first-order chi connectivity index (χ1) is 17.0. The van der Waals surface area contributed by atoms with E-state index in [1.807, 2.05) is 0 Å². The second kappa shape index (κ2) is 9.71. The molecule has 1 aromatic carbocycles. The number of urea groups is 1. The highest BCUT2D eigenvalue weighted by Gasteiger charge is 2.49. The van der Waals surface area contributed by atoms with Crippen LogP contribution in [0.5, 0.6) is 0 Å². The van der Waals surface area contributed by atoms with Gasteiger partial charge in [0.05, 0.1) is 42.2 Å². The molecule has 3 heterocycles. The van der Waals surface area contributed by atoms with Crippen molar-refractivity contribution in [3.63, 3.8) is 0 Å². The average Bonchev–Trinajstić information content (AvgIpc) is 3.45. The molecule has 0 bridgehead atoms. The topological polar surface area (TPSA) is 94.9 Å². The summed E-state index contributed by atoms with van der Waals surface area (Å²) >= 11 is 0. The minimum Gasteiger partial charge on any atom is -0.467 e. The van der Waals surface area contributed by atoms with Crippen LogP contribution in [-0.4, -0.2) is 46.8 Å². The van der Waals surface area contributed by atoms with Gasteiger partial charge in [0.15, 0.2) is 0 Å². The summed E-state index contributed by atoms with van der Waals surface area (Å²) in [6, 6.07) is 5.43. The number of rotatable bonds is 7. The predicted octanol–water partition coefficient (Wildman–Crippen LogP) is 3.82. The summed E-state index contributed by atoms with van der Waals surface area (Å²) < 4.78 is 46.7. The molecule has 192 valence electrons. The summed E-state index contributed by atoms with van der Waals surface area (Å²) in [5, 5.41) is 5.34. The monoisotopic (exact) mass is 504 g/mol. The SMILES string of the molecule is CCN1C(=O)N[C@H](c2ccccc2C(F)(F)F)C2=C1CN([C@@H](C(=O)NCc1ccco1)C(C)C)C2=O. The largest absolute Gasteiger partial charge is 0.467 e. The zero-order chi connectivity index (χ0) is 26.2. The van der Waals surface area contributed by atoms with Gasteiger partial charge in [0.25, 0.3) is 5.91 Å². The molecule has 0 spiro atoms. The molecule has 2 atom stereocenters. The number of amides is 4. The molecule has 36 heavy (non-hydrogen) atoms. The van der Waals surface area contributed by atoms with Gasteiger partial charge in [0, 0.05) is 6.54 Å². The van der Waals surface area contributed by atoms with Crippen molar-refractivity contribution in [1.29, 1.82) is 0 Å². The average molecular weight is 505 g/mol. The lowest BCUT2D eigenvalue weighted by Crippen LogP contribution is -2.51. The summed E-state index contributed by atoms with van der Waals surface area (Å²) in [5.74, 6) is -0.792. The quantitative estimate of drug-likeness (QED) is 0.600. The van der Waals surface area contributed by atoms with Crippen LogP contribution in [0.4, 0.5) is 18.0 Å². The Morgan fingerprint density at radius 3 is 2.53 bits per heavy atom. The predicted molar refractivity (Wildman–Crippen MR) is 123 cm³/mol. The van der Waals surface area contributed by atoms with Crippen LogP contribution in [-0.2, 0) is 22.3 Å². The number of hydrogen-bond acceptors (Lipinski definition) is 4. The van der Waals surface area contributed by atoms with E-state index in [1.54, 1.807) is 32.9 Å². The molecule has 0 radical (unpaired) electrons. The number of likely N-dealkylation sites (N-methyl/N-ethyl adjacent to an activating group) is 1. The summed E-state index contributed by atoms with van der Waals surface area (Å²) in [6.07, 6.45) is -3.21. The molecular formula is C25H27F3N4O4. The number of furan rings is 1. The molecule has 0 aliphatic carbocycles. The normalized spacial score (nSPS) is 19.0. The van der Waals surface area contributed by atoms with E-state index in [0.717, 1.165) is 6.07 Å². The van der Waals surface area contributed by atoms with Gasteiger partial charge in [-0.2, -0.15) is 13.2 Å². The molecule has 2 aromatic rings. The Labute approximate surface area is 206 Å². The van der Waals surface area contributed by atoms with Gasteiger partial charge in [-0.25, -0.2) is 4.79 Å². The first-order valence-electron chi connectivity index (χ1n) is 11.6. The van der Waals surface area contributed by atoms with E-state index in [-0.39, 0.29) is 36.7 Å². The second-order valence-electron chi connectivity index (χ2n) is 8.99. The third-order valence-electron chi connectivity index (χ3n) is 6.40. The van der Waals surface area contributed by atoms with Crippen molar-refractivity contribution in [2.45, 2.75) is 45.6 Å². The van der Waals surface area contributed by atoms with Crippen LogP contribution in [0, 0.1) is 5.92 Å². The smallest absolute Gasteiger partial charge is 0.416 e. The van der Waals surface area contributed by atoms with Crippen molar-refractivity contribution < 1.29 is 32.0 Å². The third kappa shape index (κ3) is 4.57. The van der Waals surface area contributed by atoms with Gasteiger partial charge >= 0.3 is 12.2 Å². The van der Waals surface area contributed by atoms with Crippen LogP contribution in [0.25, 0.3) is 0 Å². The number of nitrogens with zero attached hydrogens (tertiary/aromatic N) is 2. The lowest BCUT2D eigenvalue weighted by atomic mass is 9.91. The van der Waals surface area contributed by atoms with E-state index >= 15 is 0 Å². The van der Waals surface area contributed by atoms with E-state index in [2.05, 4.69) is 10.6 Å². The van der Waals surface area contributed by atoms with Gasteiger partial charge in [-0.15, -0.1) is 0 Å². The fourth-order valence-electron chi connectivity index (χ4n) is 4.81. The standard InChI is InChI=1S/C25H27F3N4O4/c1-4-31-18-13-32(21(14(2)3)22(33)29-12-15-8-7-11-36-15)23(34)19(18)20(30-24(31)35)16-9-5-6-10-17(16)25(26,27)28/h5-11,14,20-21H,4,12-13H2,1-3H3,(H,29,33)(H,30,35)/t20-,21-/m1/s1. The number of halogens is 3. The number of nitrogens with one attached hydrogen (secondary N) is 2. The van der Waals surface area contributed by atoms with Crippen LogP contribution in [0.1, 0.15) is 43.7 Å². The van der Waals surface area contributed by atoms with Gasteiger partial charge in [0.1, 0.15) is 11.8 Å². The number of hydrogen-bond donors (Lipinski definition) is 2. The Hall–Kier alpha value is -3.76. The maximum absolute atomic E-state index is 13.8. The number of carbonyl (C=O) groups is 3. The second-order valence-corrected chi connectivity index (χ2v) is 8.99. The van der Waals surface area contributed by atoms with Gasteiger partial charge in [-0.1, -0.05) is 32.0 Å². The maximum Gasteiger partial charge on any atom is 0.416 e. The van der Waals surface area contributed by atoms with Gasteiger partial charge in [-0.3, -0.25) is 14.5 Å². The van der Waals surface area contributed by atoms with Crippen LogP contribution >= 0.6 is 0 Å². The van der Waals surface area contributed by atoms with Crippen molar-refractivity contribution in [2.24, 2.45) is 5.92 Å². The minimum absolute atomic E-state index is 0.0395. The molecule has 0 unspecified atom stereocenters. The van der Waals surface area contributed by atoms with Gasteiger partial charge < -0.3 is 20.0 Å². The molecule has 2 N–H and O–H groups in total. The van der Waals surface area contributed by atoms with Crippen molar-refractivity contribution in [3.05, 3.63) is 70.8 Å². The van der Waals surface area contributed by atoms with E-state index in [4.69, 9.17) is 4.42 Å². The molecule has 4 amide bonds. The molecule has 11 heteroatoms. The fourth-order valence-corrected chi connectivity index (χ4v) is 4.81. The Kier molecular flexibility index (Phi) is 6.83. The molecule has 2 aliphatic rings. The first-order valence-corrected chi connectivity index (χ1v) is 11.6. The zero-order valence-corrected chi connectivity index (χ0v) is 20.1. The highest BCUT2D eigenvalue weighted by Crippen LogP contribution is 2.42. The minimum atomic E-state index is -4.68. The Morgan fingerprint density at radius 1 is 1.19 bits per heavy atom. The molecule has 0 saturated carbocycles. The number of benzene rings is 1. The lowest BCUT2D eigenvalue weighted by molar-refractivity contribution is -0.139. The van der Waals surface area contributed by atoms with E-state index in [0.29, 0.717) is 11.5 Å². The maximum atomic E-state index is 13.8. The first kappa shape index (κ1) is 25.3. The number of alkyl halides is 3. The fraction of sp³-hybridized carbons (Fsp3) is 0.400. The van der Waals surface area contributed by atoms with Gasteiger partial charge in [-0.05, 0) is 36.6 Å². The van der Waals surface area contributed by atoms with Crippen molar-refractivity contribution in [2.75, 3.05) is 13.1 Å². The molecule has 4 rings (SSSR count). The van der Waals surface area contributed by atoms with E-state index in [9.17, 15) is 27.6 Å². The molecule has 0 fully saturated rings. The summed E-state index contributed by atoms with van der Waals surface area (Å²) in [7, 11) is 0. The molecular weight excluding hydrogens is 477 g/mol. The summed E-state index contributed by atoms with van der Waals surface area (Å²) in [4.78, 5) is 42.4. The van der Waals surface area contributed by atoms with Crippen molar-refractivity contribution >= 4 is 17.8 Å². The Morgan fingerprint density at radius 2 is 1.92 bits per heavy atom. The molecule has 1 aromatic heterocycles. The summed E-state index contributed by atoms with van der Waals surface area (Å²) in [5.41, 5.74) is -0.814. The highest BCUT2D eigenvalue weighted by atomic mass is 19.4. The lowest BCUT2D eigenvalue weighted by Gasteiger charge is -2.33. The van der Waals surface area contributed by atoms with Crippen LogP contribution in [0.2, 0.25) is 0 Å². The third-order valence-corrected chi connectivity index (χ3v) is 6.40. The Bertz CT molecular complexity index is 1190. The highest BCUT2D eigenvalue weighted by molar-refractivity contribution is 6.03. The van der Waals surface area contributed by atoms with Crippen LogP contribution in [0.15, 0.2) is 58.3 Å². The van der Waals surface area contributed by atoms with Crippen LogP contribution in [0.3, 0.4) is 0 Å². The van der Waals surface area contributed by atoms with Gasteiger partial charge in [0.2, 0.25) is 5.91 Å². The molecule has 8 nitrogen and oxygen atoms in total. The summed E-state index contributed by atoms with van der Waals surface area (Å²) in [6.45, 7) is 5.51. The molecule has 2 aliphatic heterocycles. The van der Waals surface area contributed by atoms with Crippen molar-refractivity contribution in [1.82, 2.24) is 20.4 Å². The molecule has 0 saturated heterocycles. The van der Waals surface area contributed by atoms with Crippen molar-refractivity contribution in [3.8, 4) is 0 Å². The Balaban J connectivity index is 1.70. The zero-order valence-electron chi connectivity index (χ0n) is 20.1.